The third kappa shape index (κ3) is 2.97. The average Bonchev–Trinajstić information content (AvgIpc) is 2.82. The van der Waals surface area contributed by atoms with Crippen molar-refractivity contribution in [3.05, 3.63) is 41.9 Å². The minimum absolute atomic E-state index is 0.0576. The number of fused-ring (bicyclic) bond motifs is 1. The maximum atomic E-state index is 4.88. The number of aromatic nitrogens is 2. The lowest BCUT2D eigenvalue weighted by Crippen LogP contribution is -2.24. The first-order valence-electron chi connectivity index (χ1n) is 8.54. The second-order valence-corrected chi connectivity index (χ2v) is 8.72. The predicted molar refractivity (Wildman–Crippen MR) is 101 cm³/mol. The molecule has 0 bridgehead atoms. The number of benzene rings is 1. The van der Waals surface area contributed by atoms with Crippen molar-refractivity contribution in [2.45, 2.75) is 52.4 Å². The van der Waals surface area contributed by atoms with Crippen LogP contribution in [0.25, 0.3) is 0 Å². The van der Waals surface area contributed by atoms with Gasteiger partial charge >= 0.3 is 0 Å². The molecule has 1 aliphatic heterocycles. The standard InChI is InChI=1S/C20H28N4/c1-19(2,3)14-8-10-15(11-9-14)24-13-23(7)16-12-21-18(20(4,5)6)22-17(16)24/h8-12H,13H2,1-7H3. The normalized spacial score (nSPS) is 15.0. The Hall–Kier alpha value is -2.10. The maximum Gasteiger partial charge on any atom is 0.161 e. The van der Waals surface area contributed by atoms with Crippen LogP contribution in [0.4, 0.5) is 17.2 Å². The molecule has 0 atom stereocenters. The van der Waals surface area contributed by atoms with Gasteiger partial charge in [-0.15, -0.1) is 0 Å². The van der Waals surface area contributed by atoms with Crippen LogP contribution in [0.5, 0.6) is 0 Å². The van der Waals surface area contributed by atoms with Crippen molar-refractivity contribution in [1.29, 1.82) is 0 Å². The minimum atomic E-state index is -0.0576. The van der Waals surface area contributed by atoms with E-state index in [1.54, 1.807) is 0 Å². The van der Waals surface area contributed by atoms with Crippen molar-refractivity contribution in [2.75, 3.05) is 23.5 Å². The molecule has 1 aliphatic rings. The molecular formula is C20H28N4. The van der Waals surface area contributed by atoms with E-state index in [1.807, 2.05) is 6.20 Å². The first-order chi connectivity index (χ1) is 11.1. The fourth-order valence-electron chi connectivity index (χ4n) is 2.90. The zero-order chi connectivity index (χ0) is 17.7. The second kappa shape index (κ2) is 5.47. The first kappa shape index (κ1) is 16.7. The van der Waals surface area contributed by atoms with Crippen LogP contribution in [0.2, 0.25) is 0 Å². The van der Waals surface area contributed by atoms with Gasteiger partial charge < -0.3 is 9.80 Å². The fourth-order valence-corrected chi connectivity index (χ4v) is 2.90. The molecule has 0 radical (unpaired) electrons. The molecule has 3 rings (SSSR count). The number of anilines is 3. The van der Waals surface area contributed by atoms with Gasteiger partial charge in [0.15, 0.2) is 5.82 Å². The fraction of sp³-hybridized carbons (Fsp3) is 0.500. The summed E-state index contributed by atoms with van der Waals surface area (Å²) in [7, 11) is 2.09. The lowest BCUT2D eigenvalue weighted by molar-refractivity contribution is 0.546. The Balaban J connectivity index is 2.00. The van der Waals surface area contributed by atoms with Crippen LogP contribution < -0.4 is 9.80 Å². The SMILES string of the molecule is CN1CN(c2ccc(C(C)(C)C)cc2)c2nc(C(C)(C)C)ncc21. The monoisotopic (exact) mass is 324 g/mol. The molecule has 1 aromatic heterocycles. The van der Waals surface area contributed by atoms with Crippen LogP contribution >= 0.6 is 0 Å². The van der Waals surface area contributed by atoms with Gasteiger partial charge in [0.05, 0.1) is 12.9 Å². The van der Waals surface area contributed by atoms with E-state index in [0.717, 1.165) is 24.0 Å². The quantitative estimate of drug-likeness (QED) is 0.766. The zero-order valence-electron chi connectivity index (χ0n) is 15.9. The number of hydrogen-bond donors (Lipinski definition) is 0. The number of rotatable bonds is 1. The molecule has 1 aromatic carbocycles. The van der Waals surface area contributed by atoms with Crippen LogP contribution in [0.1, 0.15) is 52.9 Å². The van der Waals surface area contributed by atoms with Crippen LogP contribution in [0.15, 0.2) is 30.5 Å². The van der Waals surface area contributed by atoms with Crippen molar-refractivity contribution in [3.8, 4) is 0 Å². The van der Waals surface area contributed by atoms with Crippen molar-refractivity contribution < 1.29 is 0 Å². The van der Waals surface area contributed by atoms with Gasteiger partial charge in [-0.1, -0.05) is 53.7 Å². The molecule has 0 aliphatic carbocycles. The smallest absolute Gasteiger partial charge is 0.161 e. The minimum Gasteiger partial charge on any atom is -0.352 e. The summed E-state index contributed by atoms with van der Waals surface area (Å²) in [6.45, 7) is 14.0. The molecule has 0 unspecified atom stereocenters. The molecular weight excluding hydrogens is 296 g/mol. The van der Waals surface area contributed by atoms with E-state index in [0.29, 0.717) is 0 Å². The van der Waals surface area contributed by atoms with E-state index < -0.39 is 0 Å². The Morgan fingerprint density at radius 2 is 1.54 bits per heavy atom. The average molecular weight is 324 g/mol. The highest BCUT2D eigenvalue weighted by molar-refractivity contribution is 5.78. The van der Waals surface area contributed by atoms with Gasteiger partial charge in [0, 0.05) is 18.2 Å². The third-order valence-electron chi connectivity index (χ3n) is 4.49. The predicted octanol–water partition coefficient (Wildman–Crippen LogP) is 4.62. The molecule has 128 valence electrons. The van der Waals surface area contributed by atoms with E-state index in [2.05, 4.69) is 87.6 Å². The van der Waals surface area contributed by atoms with Crippen molar-refractivity contribution in [2.24, 2.45) is 0 Å². The Morgan fingerprint density at radius 3 is 2.08 bits per heavy atom. The van der Waals surface area contributed by atoms with Gasteiger partial charge in [0.1, 0.15) is 11.5 Å². The summed E-state index contributed by atoms with van der Waals surface area (Å²) in [6.07, 6.45) is 1.95. The summed E-state index contributed by atoms with van der Waals surface area (Å²) in [6, 6.07) is 8.84. The molecule has 0 amide bonds. The highest BCUT2D eigenvalue weighted by Gasteiger charge is 2.29. The van der Waals surface area contributed by atoms with E-state index in [4.69, 9.17) is 4.98 Å². The molecule has 2 heterocycles. The van der Waals surface area contributed by atoms with Gasteiger partial charge in [-0.2, -0.15) is 0 Å². The molecule has 4 heteroatoms. The van der Waals surface area contributed by atoms with E-state index in [1.165, 1.54) is 11.3 Å². The van der Waals surface area contributed by atoms with Gasteiger partial charge in [-0.25, -0.2) is 9.97 Å². The van der Waals surface area contributed by atoms with Crippen molar-refractivity contribution in [1.82, 2.24) is 9.97 Å². The van der Waals surface area contributed by atoms with Gasteiger partial charge in [-0.05, 0) is 23.1 Å². The highest BCUT2D eigenvalue weighted by Crippen LogP contribution is 2.39. The first-order valence-corrected chi connectivity index (χ1v) is 8.54. The molecule has 24 heavy (non-hydrogen) atoms. The van der Waals surface area contributed by atoms with Gasteiger partial charge in [0.25, 0.3) is 0 Å². The summed E-state index contributed by atoms with van der Waals surface area (Å²) in [5.41, 5.74) is 3.71. The maximum absolute atomic E-state index is 4.88. The largest absolute Gasteiger partial charge is 0.352 e. The Kier molecular flexibility index (Phi) is 3.82. The van der Waals surface area contributed by atoms with E-state index in [9.17, 15) is 0 Å². The molecule has 0 fully saturated rings. The Bertz CT molecular complexity index is 736. The Labute approximate surface area is 145 Å². The van der Waals surface area contributed by atoms with Gasteiger partial charge in [-0.3, -0.25) is 0 Å². The van der Waals surface area contributed by atoms with Crippen LogP contribution in [-0.4, -0.2) is 23.7 Å². The van der Waals surface area contributed by atoms with Crippen LogP contribution in [0, 0.1) is 0 Å². The number of hydrogen-bond acceptors (Lipinski definition) is 4. The highest BCUT2D eigenvalue weighted by atomic mass is 15.4. The zero-order valence-corrected chi connectivity index (χ0v) is 15.9. The summed E-state index contributed by atoms with van der Waals surface area (Å²) in [4.78, 5) is 13.9. The molecule has 4 nitrogen and oxygen atoms in total. The second-order valence-electron chi connectivity index (χ2n) is 8.72. The molecule has 0 N–H and O–H groups in total. The summed E-state index contributed by atoms with van der Waals surface area (Å²) < 4.78 is 0. The lowest BCUT2D eigenvalue weighted by Gasteiger charge is -2.23. The topological polar surface area (TPSA) is 32.3 Å². The molecule has 0 saturated carbocycles. The van der Waals surface area contributed by atoms with E-state index in [-0.39, 0.29) is 10.8 Å². The lowest BCUT2D eigenvalue weighted by atomic mass is 9.87. The van der Waals surface area contributed by atoms with Crippen molar-refractivity contribution >= 4 is 17.2 Å². The molecule has 0 spiro atoms. The molecule has 0 saturated heterocycles. The van der Waals surface area contributed by atoms with Crippen LogP contribution in [0.3, 0.4) is 0 Å². The number of nitrogens with zero attached hydrogens (tertiary/aromatic N) is 4. The summed E-state index contributed by atoms with van der Waals surface area (Å²) >= 11 is 0. The van der Waals surface area contributed by atoms with Crippen LogP contribution in [-0.2, 0) is 10.8 Å². The van der Waals surface area contributed by atoms with Crippen molar-refractivity contribution in [3.63, 3.8) is 0 Å². The summed E-state index contributed by atoms with van der Waals surface area (Å²) in [5.74, 6) is 1.88. The van der Waals surface area contributed by atoms with E-state index >= 15 is 0 Å². The Morgan fingerprint density at radius 1 is 0.917 bits per heavy atom. The third-order valence-corrected chi connectivity index (χ3v) is 4.49. The van der Waals surface area contributed by atoms with Gasteiger partial charge in [0.2, 0.25) is 0 Å². The summed E-state index contributed by atoms with van der Waals surface area (Å²) in [5, 5.41) is 0. The molecule has 2 aromatic rings.